The highest BCUT2D eigenvalue weighted by Gasteiger charge is 2.22. The van der Waals surface area contributed by atoms with Gasteiger partial charge in [0.2, 0.25) is 0 Å². The van der Waals surface area contributed by atoms with Gasteiger partial charge >= 0.3 is 0 Å². The van der Waals surface area contributed by atoms with E-state index in [1.807, 2.05) is 6.07 Å². The molecular formula is C18H26N2O2. The fourth-order valence-electron chi connectivity index (χ4n) is 3.21. The van der Waals surface area contributed by atoms with Gasteiger partial charge in [0.1, 0.15) is 5.58 Å². The topological polar surface area (TPSA) is 45.5 Å². The molecule has 1 amide bonds. The molecule has 1 aliphatic heterocycles. The summed E-state index contributed by atoms with van der Waals surface area (Å²) in [7, 11) is 3.50. The third-order valence-electron chi connectivity index (χ3n) is 4.51. The van der Waals surface area contributed by atoms with Crippen molar-refractivity contribution in [2.24, 2.45) is 0 Å². The van der Waals surface area contributed by atoms with Gasteiger partial charge in [-0.1, -0.05) is 13.0 Å². The van der Waals surface area contributed by atoms with E-state index < -0.39 is 0 Å². The number of hydrogen-bond donors (Lipinski definition) is 1. The Morgan fingerprint density at radius 1 is 1.32 bits per heavy atom. The molecular weight excluding hydrogens is 276 g/mol. The summed E-state index contributed by atoms with van der Waals surface area (Å²) < 4.78 is 5.96. The predicted octanol–water partition coefficient (Wildman–Crippen LogP) is 3.41. The van der Waals surface area contributed by atoms with Crippen LogP contribution in [0.15, 0.2) is 22.6 Å². The average Bonchev–Trinajstić information content (AvgIpc) is 2.97. The quantitative estimate of drug-likeness (QED) is 0.945. The lowest BCUT2D eigenvalue weighted by molar-refractivity contribution is 0.0799. The molecule has 1 aromatic carbocycles. The minimum atomic E-state index is -0.0782. The normalized spacial score (nSPS) is 16.1. The van der Waals surface area contributed by atoms with Crippen molar-refractivity contribution in [2.45, 2.75) is 32.1 Å². The van der Waals surface area contributed by atoms with E-state index in [1.165, 1.54) is 11.1 Å². The number of benzene rings is 1. The van der Waals surface area contributed by atoms with E-state index in [1.54, 1.807) is 19.0 Å². The second-order valence-corrected chi connectivity index (χ2v) is 6.29. The smallest absolute Gasteiger partial charge is 0.289 e. The maximum Gasteiger partial charge on any atom is 0.289 e. The van der Waals surface area contributed by atoms with Gasteiger partial charge in [0.05, 0.1) is 0 Å². The number of nitrogens with zero attached hydrogens (tertiary/aromatic N) is 1. The molecule has 0 bridgehead atoms. The van der Waals surface area contributed by atoms with Crippen molar-refractivity contribution in [1.82, 2.24) is 10.2 Å². The van der Waals surface area contributed by atoms with Crippen molar-refractivity contribution in [2.75, 3.05) is 27.2 Å². The zero-order chi connectivity index (χ0) is 15.7. The van der Waals surface area contributed by atoms with Crippen LogP contribution in [0.25, 0.3) is 11.0 Å². The molecule has 0 atom stereocenters. The summed E-state index contributed by atoms with van der Waals surface area (Å²) in [6, 6.07) is 6.31. The Morgan fingerprint density at radius 3 is 2.68 bits per heavy atom. The first-order valence-corrected chi connectivity index (χ1v) is 8.09. The van der Waals surface area contributed by atoms with Gasteiger partial charge in [-0.3, -0.25) is 4.79 Å². The van der Waals surface area contributed by atoms with Crippen LogP contribution >= 0.6 is 0 Å². The van der Waals surface area contributed by atoms with Gasteiger partial charge in [-0.05, 0) is 61.5 Å². The van der Waals surface area contributed by atoms with Crippen LogP contribution in [0.1, 0.15) is 48.8 Å². The Bertz CT molecular complexity index is 688. The van der Waals surface area contributed by atoms with Gasteiger partial charge in [0, 0.05) is 20.9 Å². The van der Waals surface area contributed by atoms with E-state index >= 15 is 0 Å². The molecule has 0 unspecified atom stereocenters. The minimum Gasteiger partial charge on any atom is -0.451 e. The standard InChI is InChI=1S/C18H24N2O2.H2/c1-4-12-9-14-11-16(18(21)20(2)3)22-17(14)15(10-12)13-5-7-19-8-6-13;/h9-11,13,19H,4-8H2,1-3H3;1H. The number of amides is 1. The molecule has 2 heterocycles. The van der Waals surface area contributed by atoms with Crippen LogP contribution in [0.4, 0.5) is 0 Å². The molecule has 0 spiro atoms. The lowest BCUT2D eigenvalue weighted by Crippen LogP contribution is -2.26. The van der Waals surface area contributed by atoms with Gasteiger partial charge in [-0.15, -0.1) is 0 Å². The maximum atomic E-state index is 12.2. The summed E-state index contributed by atoms with van der Waals surface area (Å²) in [5.41, 5.74) is 3.48. The van der Waals surface area contributed by atoms with Crippen molar-refractivity contribution in [1.29, 1.82) is 0 Å². The van der Waals surface area contributed by atoms with Crippen LogP contribution < -0.4 is 5.32 Å². The van der Waals surface area contributed by atoms with Gasteiger partial charge in [-0.2, -0.15) is 0 Å². The number of furan rings is 1. The fourth-order valence-corrected chi connectivity index (χ4v) is 3.21. The highest BCUT2D eigenvalue weighted by atomic mass is 16.3. The summed E-state index contributed by atoms with van der Waals surface area (Å²) in [5.74, 6) is 0.873. The molecule has 1 N–H and O–H groups in total. The van der Waals surface area contributed by atoms with E-state index in [0.29, 0.717) is 11.7 Å². The first-order chi connectivity index (χ1) is 10.6. The number of piperidine rings is 1. The van der Waals surface area contributed by atoms with E-state index in [-0.39, 0.29) is 7.33 Å². The summed E-state index contributed by atoms with van der Waals surface area (Å²) >= 11 is 0. The third kappa shape index (κ3) is 2.75. The van der Waals surface area contributed by atoms with Crippen LogP contribution in [0.3, 0.4) is 0 Å². The SMILES string of the molecule is CCc1cc(C2CCNCC2)c2oc(C(=O)N(C)C)cc2c1.[HH]. The van der Waals surface area contributed by atoms with Crippen LogP contribution in [0, 0.1) is 0 Å². The molecule has 1 aromatic heterocycles. The molecule has 22 heavy (non-hydrogen) atoms. The highest BCUT2D eigenvalue weighted by Crippen LogP contribution is 2.34. The van der Waals surface area contributed by atoms with Crippen LogP contribution in [0.5, 0.6) is 0 Å². The van der Waals surface area contributed by atoms with Gasteiger partial charge < -0.3 is 14.6 Å². The van der Waals surface area contributed by atoms with Crippen LogP contribution in [0.2, 0.25) is 0 Å². The molecule has 1 aliphatic rings. The van der Waals surface area contributed by atoms with Gasteiger partial charge in [-0.25, -0.2) is 0 Å². The first kappa shape index (κ1) is 15.1. The Kier molecular flexibility index (Phi) is 4.21. The van der Waals surface area contributed by atoms with Gasteiger partial charge in [0.15, 0.2) is 5.76 Å². The molecule has 3 rings (SSSR count). The number of hydrogen-bond acceptors (Lipinski definition) is 3. The average molecular weight is 302 g/mol. The van der Waals surface area contributed by atoms with E-state index in [2.05, 4.69) is 24.4 Å². The number of rotatable bonds is 3. The fraction of sp³-hybridized carbons (Fsp3) is 0.500. The number of carbonyl (C=O) groups is 1. The van der Waals surface area contributed by atoms with Crippen molar-refractivity contribution in [3.8, 4) is 0 Å². The van der Waals surface area contributed by atoms with Gasteiger partial charge in [0.25, 0.3) is 5.91 Å². The van der Waals surface area contributed by atoms with Crippen molar-refractivity contribution < 1.29 is 10.6 Å². The Balaban J connectivity index is 0.00000192. The predicted molar refractivity (Wildman–Crippen MR) is 90.6 cm³/mol. The summed E-state index contributed by atoms with van der Waals surface area (Å²) in [6.07, 6.45) is 3.25. The maximum absolute atomic E-state index is 12.2. The number of fused-ring (bicyclic) bond motifs is 1. The zero-order valence-corrected chi connectivity index (χ0v) is 13.6. The minimum absolute atomic E-state index is 0. The number of aryl methyl sites for hydroxylation is 1. The third-order valence-corrected chi connectivity index (χ3v) is 4.51. The molecule has 1 saturated heterocycles. The Morgan fingerprint density at radius 2 is 2.05 bits per heavy atom. The summed E-state index contributed by atoms with van der Waals surface area (Å²) in [5, 5.41) is 4.46. The molecule has 0 radical (unpaired) electrons. The number of carbonyl (C=O) groups excluding carboxylic acids is 1. The Labute approximate surface area is 133 Å². The number of nitrogens with one attached hydrogen (secondary N) is 1. The lowest BCUT2D eigenvalue weighted by atomic mass is 9.88. The Hall–Kier alpha value is -1.81. The van der Waals surface area contributed by atoms with Crippen molar-refractivity contribution >= 4 is 16.9 Å². The zero-order valence-electron chi connectivity index (χ0n) is 13.6. The molecule has 0 aliphatic carbocycles. The molecule has 4 heteroatoms. The molecule has 0 saturated carbocycles. The monoisotopic (exact) mass is 302 g/mol. The second-order valence-electron chi connectivity index (χ2n) is 6.29. The second kappa shape index (κ2) is 6.13. The van der Waals surface area contributed by atoms with Crippen LogP contribution in [-0.4, -0.2) is 38.0 Å². The molecule has 1 fully saturated rings. The van der Waals surface area contributed by atoms with E-state index in [4.69, 9.17) is 4.42 Å². The largest absolute Gasteiger partial charge is 0.451 e. The van der Waals surface area contributed by atoms with E-state index in [9.17, 15) is 4.79 Å². The van der Waals surface area contributed by atoms with E-state index in [0.717, 1.165) is 43.3 Å². The highest BCUT2D eigenvalue weighted by molar-refractivity contribution is 5.96. The lowest BCUT2D eigenvalue weighted by Gasteiger charge is -2.23. The van der Waals surface area contributed by atoms with Crippen molar-refractivity contribution in [3.05, 3.63) is 35.1 Å². The molecule has 2 aromatic rings. The van der Waals surface area contributed by atoms with Crippen LogP contribution in [-0.2, 0) is 6.42 Å². The first-order valence-electron chi connectivity index (χ1n) is 8.09. The molecule has 120 valence electrons. The summed E-state index contributed by atoms with van der Waals surface area (Å²) in [4.78, 5) is 13.7. The summed E-state index contributed by atoms with van der Waals surface area (Å²) in [6.45, 7) is 4.26. The molecule has 4 nitrogen and oxygen atoms in total. The van der Waals surface area contributed by atoms with Crippen molar-refractivity contribution in [3.63, 3.8) is 0 Å².